The van der Waals surface area contributed by atoms with Crippen LogP contribution in [0.2, 0.25) is 0 Å². The van der Waals surface area contributed by atoms with E-state index in [2.05, 4.69) is 15.3 Å². The molecule has 0 aliphatic heterocycles. The van der Waals surface area contributed by atoms with Crippen molar-refractivity contribution >= 4 is 11.8 Å². The SMILES string of the molecule is CCOc1cncc(NC(C)(C(=O)O)c2ccccc2)n1. The van der Waals surface area contributed by atoms with Crippen LogP contribution >= 0.6 is 0 Å². The van der Waals surface area contributed by atoms with Gasteiger partial charge in [0.05, 0.1) is 19.0 Å². The number of carboxylic acid groups (broad SMARTS) is 1. The van der Waals surface area contributed by atoms with Crippen LogP contribution in [-0.4, -0.2) is 27.7 Å². The first-order chi connectivity index (χ1) is 10.1. The molecule has 6 nitrogen and oxygen atoms in total. The van der Waals surface area contributed by atoms with E-state index in [1.54, 1.807) is 31.2 Å². The van der Waals surface area contributed by atoms with Gasteiger partial charge >= 0.3 is 5.97 Å². The Kier molecular flexibility index (Phi) is 4.37. The molecule has 0 spiro atoms. The first kappa shape index (κ1) is 14.8. The van der Waals surface area contributed by atoms with Crippen molar-refractivity contribution in [2.24, 2.45) is 0 Å². The average molecular weight is 287 g/mol. The molecular formula is C15H17N3O3. The second kappa shape index (κ2) is 6.21. The smallest absolute Gasteiger partial charge is 0.333 e. The van der Waals surface area contributed by atoms with E-state index >= 15 is 0 Å². The normalized spacial score (nSPS) is 13.2. The van der Waals surface area contributed by atoms with E-state index in [0.717, 1.165) is 0 Å². The van der Waals surface area contributed by atoms with E-state index in [-0.39, 0.29) is 0 Å². The van der Waals surface area contributed by atoms with Crippen LogP contribution in [0.15, 0.2) is 42.7 Å². The van der Waals surface area contributed by atoms with E-state index in [4.69, 9.17) is 4.74 Å². The second-order valence-electron chi connectivity index (χ2n) is 4.60. The lowest BCUT2D eigenvalue weighted by Crippen LogP contribution is -2.40. The Balaban J connectivity index is 2.33. The summed E-state index contributed by atoms with van der Waals surface area (Å²) in [5, 5.41) is 12.5. The summed E-state index contributed by atoms with van der Waals surface area (Å²) in [5.41, 5.74) is -0.679. The molecule has 21 heavy (non-hydrogen) atoms. The summed E-state index contributed by atoms with van der Waals surface area (Å²) in [6, 6.07) is 8.92. The molecular weight excluding hydrogens is 270 g/mol. The molecule has 0 amide bonds. The lowest BCUT2D eigenvalue weighted by molar-refractivity contribution is -0.142. The summed E-state index contributed by atoms with van der Waals surface area (Å²) in [4.78, 5) is 19.9. The highest BCUT2D eigenvalue weighted by Crippen LogP contribution is 2.26. The number of nitrogens with one attached hydrogen (secondary N) is 1. The molecule has 1 aromatic carbocycles. The second-order valence-corrected chi connectivity index (χ2v) is 4.60. The largest absolute Gasteiger partial charge is 0.479 e. The van der Waals surface area contributed by atoms with Gasteiger partial charge in [0.2, 0.25) is 5.88 Å². The topological polar surface area (TPSA) is 84.3 Å². The predicted molar refractivity (Wildman–Crippen MR) is 78.3 cm³/mol. The Labute approximate surface area is 122 Å². The third kappa shape index (κ3) is 3.28. The van der Waals surface area contributed by atoms with Crippen LogP contribution in [-0.2, 0) is 10.3 Å². The lowest BCUT2D eigenvalue weighted by Gasteiger charge is -2.27. The molecule has 1 heterocycles. The molecule has 110 valence electrons. The molecule has 0 fully saturated rings. The van der Waals surface area contributed by atoms with Crippen molar-refractivity contribution in [3.63, 3.8) is 0 Å². The minimum absolute atomic E-state index is 0.342. The number of anilines is 1. The molecule has 0 saturated heterocycles. The number of rotatable bonds is 6. The summed E-state index contributed by atoms with van der Waals surface area (Å²) in [6.07, 6.45) is 2.95. The van der Waals surface area contributed by atoms with Crippen LogP contribution < -0.4 is 10.1 Å². The Morgan fingerprint density at radius 1 is 1.33 bits per heavy atom. The summed E-state index contributed by atoms with van der Waals surface area (Å²) < 4.78 is 5.27. The maximum atomic E-state index is 11.7. The number of aliphatic carboxylic acids is 1. The third-order valence-corrected chi connectivity index (χ3v) is 3.06. The Hall–Kier alpha value is -2.63. The van der Waals surface area contributed by atoms with E-state index in [1.165, 1.54) is 12.4 Å². The van der Waals surface area contributed by atoms with Crippen LogP contribution in [0, 0.1) is 0 Å². The molecule has 0 radical (unpaired) electrons. The van der Waals surface area contributed by atoms with E-state index < -0.39 is 11.5 Å². The van der Waals surface area contributed by atoms with E-state index in [1.807, 2.05) is 13.0 Å². The number of ether oxygens (including phenoxy) is 1. The van der Waals surface area contributed by atoms with Gasteiger partial charge in [-0.1, -0.05) is 30.3 Å². The number of benzene rings is 1. The average Bonchev–Trinajstić information content (AvgIpc) is 2.48. The molecule has 1 aromatic heterocycles. The standard InChI is InChI=1S/C15H17N3O3/c1-3-21-13-10-16-9-12(17-13)18-15(2,14(19)20)11-7-5-4-6-8-11/h4-10H,3H2,1-2H3,(H,17,18)(H,19,20). The number of aromatic nitrogens is 2. The summed E-state index contributed by atoms with van der Waals surface area (Å²) in [7, 11) is 0. The quantitative estimate of drug-likeness (QED) is 0.848. The number of carbonyl (C=O) groups is 1. The van der Waals surface area contributed by atoms with Gasteiger partial charge in [-0.2, -0.15) is 4.98 Å². The number of hydrogen-bond donors (Lipinski definition) is 2. The number of hydrogen-bond acceptors (Lipinski definition) is 5. The highest BCUT2D eigenvalue weighted by molar-refractivity contribution is 5.83. The van der Waals surface area contributed by atoms with Crippen molar-refractivity contribution in [1.82, 2.24) is 9.97 Å². The fraction of sp³-hybridized carbons (Fsp3) is 0.267. The number of nitrogens with zero attached hydrogens (tertiary/aromatic N) is 2. The van der Waals surface area contributed by atoms with E-state index in [0.29, 0.717) is 23.9 Å². The summed E-state index contributed by atoms with van der Waals surface area (Å²) >= 11 is 0. The Morgan fingerprint density at radius 2 is 2.05 bits per heavy atom. The zero-order chi connectivity index (χ0) is 15.3. The third-order valence-electron chi connectivity index (χ3n) is 3.06. The Bertz CT molecular complexity index is 619. The van der Waals surface area contributed by atoms with Gasteiger partial charge in [-0.05, 0) is 19.4 Å². The highest BCUT2D eigenvalue weighted by atomic mass is 16.5. The maximum Gasteiger partial charge on any atom is 0.333 e. The molecule has 1 atom stereocenters. The van der Waals surface area contributed by atoms with Crippen molar-refractivity contribution in [2.75, 3.05) is 11.9 Å². The van der Waals surface area contributed by atoms with Crippen molar-refractivity contribution in [3.8, 4) is 5.88 Å². The molecule has 2 aromatic rings. The molecule has 6 heteroatoms. The first-order valence-corrected chi connectivity index (χ1v) is 6.58. The van der Waals surface area contributed by atoms with Gasteiger partial charge < -0.3 is 15.2 Å². The monoisotopic (exact) mass is 287 g/mol. The van der Waals surface area contributed by atoms with Crippen molar-refractivity contribution in [3.05, 3.63) is 48.3 Å². The van der Waals surface area contributed by atoms with E-state index in [9.17, 15) is 9.90 Å². The highest BCUT2D eigenvalue weighted by Gasteiger charge is 2.35. The predicted octanol–water partition coefficient (Wildman–Crippen LogP) is 2.29. The lowest BCUT2D eigenvalue weighted by atomic mass is 9.92. The van der Waals surface area contributed by atoms with Gasteiger partial charge in [-0.15, -0.1) is 0 Å². The molecule has 0 aliphatic carbocycles. The van der Waals surface area contributed by atoms with Crippen LogP contribution in [0.25, 0.3) is 0 Å². The van der Waals surface area contributed by atoms with Gasteiger partial charge in [0.15, 0.2) is 5.54 Å². The minimum Gasteiger partial charge on any atom is -0.479 e. The van der Waals surface area contributed by atoms with Gasteiger partial charge in [0, 0.05) is 0 Å². The molecule has 2 rings (SSSR count). The molecule has 0 aliphatic rings. The molecule has 1 unspecified atom stereocenters. The Morgan fingerprint density at radius 3 is 2.67 bits per heavy atom. The fourth-order valence-electron chi connectivity index (χ4n) is 1.90. The number of carboxylic acids is 1. The van der Waals surface area contributed by atoms with Crippen molar-refractivity contribution in [2.45, 2.75) is 19.4 Å². The van der Waals surface area contributed by atoms with Gasteiger partial charge in [-0.3, -0.25) is 4.98 Å². The van der Waals surface area contributed by atoms with Gasteiger partial charge in [0.1, 0.15) is 5.82 Å². The summed E-state index contributed by atoms with van der Waals surface area (Å²) in [5.74, 6) is -0.310. The zero-order valence-electron chi connectivity index (χ0n) is 11.9. The first-order valence-electron chi connectivity index (χ1n) is 6.58. The maximum absolute atomic E-state index is 11.7. The molecule has 0 bridgehead atoms. The van der Waals surface area contributed by atoms with Crippen molar-refractivity contribution < 1.29 is 14.6 Å². The fourth-order valence-corrected chi connectivity index (χ4v) is 1.90. The van der Waals surface area contributed by atoms with Crippen LogP contribution in [0.5, 0.6) is 5.88 Å². The summed E-state index contributed by atoms with van der Waals surface area (Å²) in [6.45, 7) is 3.89. The molecule has 2 N–H and O–H groups in total. The van der Waals surface area contributed by atoms with Gasteiger partial charge in [-0.25, -0.2) is 4.79 Å². The van der Waals surface area contributed by atoms with Crippen molar-refractivity contribution in [1.29, 1.82) is 0 Å². The van der Waals surface area contributed by atoms with Gasteiger partial charge in [0.25, 0.3) is 0 Å². The molecule has 0 saturated carbocycles. The zero-order valence-corrected chi connectivity index (χ0v) is 11.9. The van der Waals surface area contributed by atoms with Crippen LogP contribution in [0.1, 0.15) is 19.4 Å². The van der Waals surface area contributed by atoms with Crippen LogP contribution in [0.4, 0.5) is 5.82 Å². The minimum atomic E-state index is -1.30. The van der Waals surface area contributed by atoms with Crippen LogP contribution in [0.3, 0.4) is 0 Å².